The molecule has 0 atom stereocenters. The summed E-state index contributed by atoms with van der Waals surface area (Å²) in [5, 5.41) is 10.0. The molecule has 4 nitrogen and oxygen atoms in total. The van der Waals surface area contributed by atoms with E-state index in [2.05, 4.69) is 4.90 Å². The van der Waals surface area contributed by atoms with Crippen molar-refractivity contribution in [3.05, 3.63) is 11.6 Å². The number of phenols is 1. The minimum Gasteiger partial charge on any atom is -0.508 e. The molecule has 0 saturated carbocycles. The summed E-state index contributed by atoms with van der Waals surface area (Å²) in [5.41, 5.74) is 4.10. The first-order chi connectivity index (χ1) is 7.77. The zero-order valence-corrected chi connectivity index (χ0v) is 11.9. The zero-order chi connectivity index (χ0) is 13.3. The molecule has 1 rings (SSSR count). The van der Waals surface area contributed by atoms with E-state index in [0.717, 1.165) is 22.6 Å². The van der Waals surface area contributed by atoms with E-state index in [0.29, 0.717) is 5.75 Å². The molecule has 96 valence electrons. The second-order valence-electron chi connectivity index (χ2n) is 4.92. The first kappa shape index (κ1) is 13.5. The summed E-state index contributed by atoms with van der Waals surface area (Å²) in [5.74, 6) is 0.336. The van der Waals surface area contributed by atoms with Gasteiger partial charge in [-0.1, -0.05) is 0 Å². The van der Waals surface area contributed by atoms with Crippen molar-refractivity contribution >= 4 is 17.1 Å². The van der Waals surface area contributed by atoms with Gasteiger partial charge in [-0.05, 0) is 6.92 Å². The van der Waals surface area contributed by atoms with Gasteiger partial charge in [0.05, 0.1) is 17.1 Å². The third-order valence-electron chi connectivity index (χ3n) is 2.86. The van der Waals surface area contributed by atoms with Crippen molar-refractivity contribution in [2.45, 2.75) is 6.92 Å². The fourth-order valence-electron chi connectivity index (χ4n) is 2.06. The molecule has 0 aromatic heterocycles. The van der Waals surface area contributed by atoms with Crippen molar-refractivity contribution in [3.63, 3.8) is 0 Å². The van der Waals surface area contributed by atoms with E-state index in [1.165, 1.54) is 0 Å². The summed E-state index contributed by atoms with van der Waals surface area (Å²) in [6.07, 6.45) is 0. The van der Waals surface area contributed by atoms with Gasteiger partial charge in [-0.25, -0.2) is 0 Å². The van der Waals surface area contributed by atoms with E-state index in [9.17, 15) is 5.11 Å². The molecule has 0 saturated heterocycles. The lowest BCUT2D eigenvalue weighted by Crippen LogP contribution is -2.22. The van der Waals surface area contributed by atoms with Crippen molar-refractivity contribution in [2.24, 2.45) is 0 Å². The third-order valence-corrected chi connectivity index (χ3v) is 2.86. The Bertz CT molecular complexity index is 412. The van der Waals surface area contributed by atoms with Gasteiger partial charge in [0.25, 0.3) is 0 Å². The first-order valence-electron chi connectivity index (χ1n) is 5.66. The summed E-state index contributed by atoms with van der Waals surface area (Å²) < 4.78 is 0. The molecule has 0 heterocycles. The Labute approximate surface area is 104 Å². The second-order valence-corrected chi connectivity index (χ2v) is 4.92. The van der Waals surface area contributed by atoms with Crippen molar-refractivity contribution < 1.29 is 5.11 Å². The molecule has 4 heteroatoms. The van der Waals surface area contributed by atoms with Crippen LogP contribution >= 0.6 is 0 Å². The molecule has 0 fully saturated rings. The van der Waals surface area contributed by atoms with Crippen LogP contribution in [0.4, 0.5) is 17.1 Å². The lowest BCUT2D eigenvalue weighted by Gasteiger charge is -2.30. The fourth-order valence-corrected chi connectivity index (χ4v) is 2.06. The summed E-state index contributed by atoms with van der Waals surface area (Å²) in [7, 11) is 12.0. The topological polar surface area (TPSA) is 30.0 Å². The number of rotatable bonds is 3. The lowest BCUT2D eigenvalue weighted by molar-refractivity contribution is 0.471. The van der Waals surface area contributed by atoms with Crippen molar-refractivity contribution in [1.82, 2.24) is 0 Å². The number of hydrogen-bond acceptors (Lipinski definition) is 4. The van der Waals surface area contributed by atoms with Gasteiger partial charge in [0.1, 0.15) is 5.75 Å². The van der Waals surface area contributed by atoms with Crippen LogP contribution < -0.4 is 14.7 Å². The van der Waals surface area contributed by atoms with Crippen LogP contribution in [0.1, 0.15) is 5.56 Å². The van der Waals surface area contributed by atoms with Crippen LogP contribution in [0.3, 0.4) is 0 Å². The Morgan fingerprint density at radius 3 is 1.65 bits per heavy atom. The molecule has 0 bridgehead atoms. The minimum absolute atomic E-state index is 0.336. The fraction of sp³-hybridized carbons (Fsp3) is 0.538. The zero-order valence-electron chi connectivity index (χ0n) is 11.9. The largest absolute Gasteiger partial charge is 0.508 e. The molecular weight excluding hydrogens is 214 g/mol. The lowest BCUT2D eigenvalue weighted by atomic mass is 10.1. The minimum atomic E-state index is 0.336. The van der Waals surface area contributed by atoms with E-state index in [1.807, 2.05) is 65.1 Å². The SMILES string of the molecule is Cc1c(O)cc(N(C)C)c(N(C)C)c1N(C)C. The van der Waals surface area contributed by atoms with Gasteiger partial charge in [0.15, 0.2) is 0 Å². The van der Waals surface area contributed by atoms with Crippen LogP contribution in [0.25, 0.3) is 0 Å². The van der Waals surface area contributed by atoms with Gasteiger partial charge in [0.2, 0.25) is 0 Å². The molecule has 0 amide bonds. The van der Waals surface area contributed by atoms with Gasteiger partial charge < -0.3 is 19.8 Å². The molecule has 1 N–H and O–H groups in total. The number of nitrogens with zero attached hydrogens (tertiary/aromatic N) is 3. The number of benzene rings is 1. The molecule has 17 heavy (non-hydrogen) atoms. The van der Waals surface area contributed by atoms with Crippen LogP contribution in [-0.2, 0) is 0 Å². The van der Waals surface area contributed by atoms with E-state index < -0.39 is 0 Å². The predicted molar refractivity (Wildman–Crippen MR) is 75.8 cm³/mol. The second kappa shape index (κ2) is 4.73. The summed E-state index contributed by atoms with van der Waals surface area (Å²) in [6, 6.07) is 1.82. The molecule has 0 radical (unpaired) electrons. The Balaban J connectivity index is 3.64. The van der Waals surface area contributed by atoms with Crippen LogP contribution in [0.15, 0.2) is 6.07 Å². The Morgan fingerprint density at radius 2 is 1.29 bits per heavy atom. The van der Waals surface area contributed by atoms with Gasteiger partial charge in [-0.3, -0.25) is 0 Å². The van der Waals surface area contributed by atoms with Gasteiger partial charge in [0, 0.05) is 53.9 Å². The van der Waals surface area contributed by atoms with E-state index in [-0.39, 0.29) is 0 Å². The van der Waals surface area contributed by atoms with Crippen LogP contribution in [0.2, 0.25) is 0 Å². The third kappa shape index (κ3) is 2.40. The molecule has 0 spiro atoms. The predicted octanol–water partition coefficient (Wildman–Crippen LogP) is 1.90. The van der Waals surface area contributed by atoms with Crippen LogP contribution in [0, 0.1) is 6.92 Å². The van der Waals surface area contributed by atoms with Gasteiger partial charge in [-0.2, -0.15) is 0 Å². The highest BCUT2D eigenvalue weighted by Gasteiger charge is 2.19. The number of anilines is 3. The first-order valence-corrected chi connectivity index (χ1v) is 5.66. The average Bonchev–Trinajstić information content (AvgIpc) is 2.19. The molecule has 0 aliphatic heterocycles. The van der Waals surface area contributed by atoms with E-state index in [1.54, 1.807) is 0 Å². The highest BCUT2D eigenvalue weighted by molar-refractivity contribution is 5.88. The van der Waals surface area contributed by atoms with Gasteiger partial charge in [-0.15, -0.1) is 0 Å². The molecule has 0 aliphatic carbocycles. The summed E-state index contributed by atoms with van der Waals surface area (Å²) in [6.45, 7) is 1.94. The molecule has 0 aliphatic rings. The summed E-state index contributed by atoms with van der Waals surface area (Å²) in [4.78, 5) is 6.13. The van der Waals surface area contributed by atoms with Crippen LogP contribution in [0.5, 0.6) is 5.75 Å². The number of aromatic hydroxyl groups is 1. The molecule has 1 aromatic rings. The highest BCUT2D eigenvalue weighted by atomic mass is 16.3. The van der Waals surface area contributed by atoms with Crippen LogP contribution in [-0.4, -0.2) is 47.4 Å². The normalized spacial score (nSPS) is 10.3. The molecule has 1 aromatic carbocycles. The Hall–Kier alpha value is -1.58. The highest BCUT2D eigenvalue weighted by Crippen LogP contribution is 2.43. The molecular formula is C13H23N3O. The van der Waals surface area contributed by atoms with Gasteiger partial charge >= 0.3 is 0 Å². The maximum absolute atomic E-state index is 10.0. The molecule has 0 unspecified atom stereocenters. The van der Waals surface area contributed by atoms with Crippen molar-refractivity contribution in [1.29, 1.82) is 0 Å². The average molecular weight is 237 g/mol. The maximum atomic E-state index is 10.0. The Kier molecular flexibility index (Phi) is 3.76. The summed E-state index contributed by atoms with van der Waals surface area (Å²) >= 11 is 0. The van der Waals surface area contributed by atoms with E-state index >= 15 is 0 Å². The smallest absolute Gasteiger partial charge is 0.122 e. The monoisotopic (exact) mass is 237 g/mol. The number of phenolic OH excluding ortho intramolecular Hbond substituents is 1. The van der Waals surface area contributed by atoms with E-state index in [4.69, 9.17) is 0 Å². The standard InChI is InChI=1S/C13H23N3O/c1-9-11(17)8-10(14(2)3)13(16(6)7)12(9)15(4)5/h8,17H,1-7H3. The Morgan fingerprint density at radius 1 is 0.824 bits per heavy atom. The van der Waals surface area contributed by atoms with Crippen molar-refractivity contribution in [3.8, 4) is 5.75 Å². The quantitative estimate of drug-likeness (QED) is 0.869. The number of hydrogen-bond donors (Lipinski definition) is 1. The maximum Gasteiger partial charge on any atom is 0.122 e. The van der Waals surface area contributed by atoms with Crippen molar-refractivity contribution in [2.75, 3.05) is 57.0 Å².